The van der Waals surface area contributed by atoms with Crippen LogP contribution in [-0.4, -0.2) is 33.0 Å². The summed E-state index contributed by atoms with van der Waals surface area (Å²) in [5.74, 6) is 1.74. The fourth-order valence-electron chi connectivity index (χ4n) is 2.05. The molecule has 0 fully saturated rings. The van der Waals surface area contributed by atoms with Gasteiger partial charge in [-0.05, 0) is 11.8 Å². The van der Waals surface area contributed by atoms with Crippen LogP contribution in [-0.2, 0) is 13.0 Å². The molecule has 5 nitrogen and oxygen atoms in total. The third kappa shape index (κ3) is 3.29. The standard InChI is InChI=1S/C13H26N4O/c1-10(2)6-17-12(15-9-16-17)5-13(7-14,8-18)11(3)4/h9-11,18H,5-8,14H2,1-4H3. The number of hydrogen-bond acceptors (Lipinski definition) is 4. The van der Waals surface area contributed by atoms with Gasteiger partial charge in [0, 0.05) is 24.9 Å². The van der Waals surface area contributed by atoms with Crippen LogP contribution in [0.4, 0.5) is 0 Å². The number of nitrogens with two attached hydrogens (primary N) is 1. The molecule has 1 atom stereocenters. The van der Waals surface area contributed by atoms with Crippen molar-refractivity contribution in [2.45, 2.75) is 40.7 Å². The topological polar surface area (TPSA) is 77.0 Å². The maximum atomic E-state index is 9.68. The Hall–Kier alpha value is -0.940. The molecule has 1 heterocycles. The summed E-state index contributed by atoms with van der Waals surface area (Å²) >= 11 is 0. The van der Waals surface area contributed by atoms with Crippen LogP contribution in [0.2, 0.25) is 0 Å². The molecular formula is C13H26N4O. The van der Waals surface area contributed by atoms with Gasteiger partial charge in [0.05, 0.1) is 6.61 Å². The molecule has 18 heavy (non-hydrogen) atoms. The molecule has 0 aliphatic heterocycles. The quantitative estimate of drug-likeness (QED) is 0.763. The predicted octanol–water partition coefficient (Wildman–Crippen LogP) is 1.07. The van der Waals surface area contributed by atoms with Crippen LogP contribution in [0.1, 0.15) is 33.5 Å². The first-order chi connectivity index (χ1) is 8.45. The normalized spacial score (nSPS) is 15.3. The Morgan fingerprint density at radius 1 is 1.39 bits per heavy atom. The number of aliphatic hydroxyl groups is 1. The Balaban J connectivity index is 2.91. The number of aliphatic hydroxyl groups excluding tert-OH is 1. The Morgan fingerprint density at radius 2 is 2.06 bits per heavy atom. The smallest absolute Gasteiger partial charge is 0.138 e. The number of aromatic nitrogens is 3. The van der Waals surface area contributed by atoms with Crippen molar-refractivity contribution in [3.63, 3.8) is 0 Å². The average molecular weight is 254 g/mol. The minimum absolute atomic E-state index is 0.0791. The first-order valence-corrected chi connectivity index (χ1v) is 6.62. The minimum Gasteiger partial charge on any atom is -0.396 e. The predicted molar refractivity (Wildman–Crippen MR) is 72.0 cm³/mol. The highest BCUT2D eigenvalue weighted by Gasteiger charge is 2.33. The zero-order valence-electron chi connectivity index (χ0n) is 11.9. The fourth-order valence-corrected chi connectivity index (χ4v) is 2.05. The van der Waals surface area contributed by atoms with Gasteiger partial charge in [-0.15, -0.1) is 0 Å². The molecule has 0 aliphatic carbocycles. The Labute approximate surface area is 109 Å². The molecule has 0 bridgehead atoms. The van der Waals surface area contributed by atoms with Crippen LogP contribution in [0.5, 0.6) is 0 Å². The summed E-state index contributed by atoms with van der Waals surface area (Å²) in [5.41, 5.74) is 5.57. The van der Waals surface area contributed by atoms with Crippen molar-refractivity contribution in [2.75, 3.05) is 13.2 Å². The molecule has 0 saturated carbocycles. The van der Waals surface area contributed by atoms with E-state index in [1.165, 1.54) is 0 Å². The molecule has 0 spiro atoms. The highest BCUT2D eigenvalue weighted by molar-refractivity contribution is 4.96. The summed E-state index contributed by atoms with van der Waals surface area (Å²) in [5, 5.41) is 13.9. The van der Waals surface area contributed by atoms with Gasteiger partial charge < -0.3 is 10.8 Å². The lowest BCUT2D eigenvalue weighted by Crippen LogP contribution is -2.42. The number of hydrogen-bond donors (Lipinski definition) is 2. The Kier molecular flexibility index (Phi) is 5.28. The van der Waals surface area contributed by atoms with Crippen molar-refractivity contribution in [3.05, 3.63) is 12.2 Å². The lowest BCUT2D eigenvalue weighted by atomic mass is 9.75. The summed E-state index contributed by atoms with van der Waals surface area (Å²) < 4.78 is 1.92. The molecule has 1 aromatic heterocycles. The molecule has 0 aliphatic rings. The molecule has 0 aromatic carbocycles. The molecule has 5 heteroatoms. The Morgan fingerprint density at radius 3 is 2.50 bits per heavy atom. The first-order valence-electron chi connectivity index (χ1n) is 6.62. The van der Waals surface area contributed by atoms with Gasteiger partial charge in [-0.3, -0.25) is 0 Å². The lowest BCUT2D eigenvalue weighted by Gasteiger charge is -2.34. The van der Waals surface area contributed by atoms with E-state index in [2.05, 4.69) is 37.8 Å². The van der Waals surface area contributed by atoms with Crippen LogP contribution in [0.25, 0.3) is 0 Å². The fraction of sp³-hybridized carbons (Fsp3) is 0.846. The summed E-state index contributed by atoms with van der Waals surface area (Å²) in [7, 11) is 0. The SMILES string of the molecule is CC(C)Cn1ncnc1CC(CN)(CO)C(C)C. The van der Waals surface area contributed by atoms with E-state index in [0.717, 1.165) is 12.4 Å². The van der Waals surface area contributed by atoms with E-state index in [1.807, 2.05) is 4.68 Å². The highest BCUT2D eigenvalue weighted by atomic mass is 16.3. The summed E-state index contributed by atoms with van der Waals surface area (Å²) in [4.78, 5) is 4.32. The molecule has 1 aromatic rings. The van der Waals surface area contributed by atoms with E-state index < -0.39 is 0 Å². The van der Waals surface area contributed by atoms with Gasteiger partial charge in [0.15, 0.2) is 0 Å². The van der Waals surface area contributed by atoms with Gasteiger partial charge in [0.1, 0.15) is 12.2 Å². The van der Waals surface area contributed by atoms with Gasteiger partial charge >= 0.3 is 0 Å². The van der Waals surface area contributed by atoms with E-state index in [9.17, 15) is 5.11 Å². The molecule has 0 saturated heterocycles. The van der Waals surface area contributed by atoms with Gasteiger partial charge in [-0.1, -0.05) is 27.7 Å². The molecule has 0 amide bonds. The highest BCUT2D eigenvalue weighted by Crippen LogP contribution is 2.29. The van der Waals surface area contributed by atoms with Crippen LogP contribution in [0.3, 0.4) is 0 Å². The van der Waals surface area contributed by atoms with Crippen molar-refractivity contribution < 1.29 is 5.11 Å². The maximum absolute atomic E-state index is 9.68. The van der Waals surface area contributed by atoms with E-state index in [1.54, 1.807) is 6.33 Å². The van der Waals surface area contributed by atoms with Crippen LogP contribution in [0, 0.1) is 17.3 Å². The van der Waals surface area contributed by atoms with Gasteiger partial charge in [-0.25, -0.2) is 9.67 Å². The number of rotatable bonds is 7. The van der Waals surface area contributed by atoms with E-state index >= 15 is 0 Å². The molecular weight excluding hydrogens is 228 g/mol. The van der Waals surface area contributed by atoms with Crippen molar-refractivity contribution >= 4 is 0 Å². The molecule has 3 N–H and O–H groups in total. The monoisotopic (exact) mass is 254 g/mol. The largest absolute Gasteiger partial charge is 0.396 e. The van der Waals surface area contributed by atoms with Crippen molar-refractivity contribution in [1.29, 1.82) is 0 Å². The molecule has 1 rings (SSSR count). The molecule has 0 radical (unpaired) electrons. The van der Waals surface area contributed by atoms with Crippen molar-refractivity contribution in [3.8, 4) is 0 Å². The third-order valence-corrected chi connectivity index (χ3v) is 3.69. The van der Waals surface area contributed by atoms with Crippen molar-refractivity contribution in [2.24, 2.45) is 23.0 Å². The maximum Gasteiger partial charge on any atom is 0.138 e. The number of nitrogens with zero attached hydrogens (tertiary/aromatic N) is 3. The molecule has 1 unspecified atom stereocenters. The zero-order chi connectivity index (χ0) is 13.8. The van der Waals surface area contributed by atoms with Crippen LogP contribution < -0.4 is 5.73 Å². The second-order valence-electron chi connectivity index (χ2n) is 5.81. The second kappa shape index (κ2) is 6.29. The van der Waals surface area contributed by atoms with Crippen molar-refractivity contribution in [1.82, 2.24) is 14.8 Å². The van der Waals surface area contributed by atoms with E-state index in [4.69, 9.17) is 5.73 Å². The Bertz CT molecular complexity index is 356. The van der Waals surface area contributed by atoms with Gasteiger partial charge in [0.25, 0.3) is 0 Å². The minimum atomic E-state index is -0.304. The van der Waals surface area contributed by atoms with E-state index in [0.29, 0.717) is 24.8 Å². The van der Waals surface area contributed by atoms with Gasteiger partial charge in [-0.2, -0.15) is 5.10 Å². The summed E-state index contributed by atoms with van der Waals surface area (Å²) in [6, 6.07) is 0. The van der Waals surface area contributed by atoms with Crippen LogP contribution in [0.15, 0.2) is 6.33 Å². The van der Waals surface area contributed by atoms with Gasteiger partial charge in [0.2, 0.25) is 0 Å². The zero-order valence-corrected chi connectivity index (χ0v) is 11.9. The summed E-state index contributed by atoms with van der Waals surface area (Å²) in [6.07, 6.45) is 2.25. The third-order valence-electron chi connectivity index (χ3n) is 3.69. The van der Waals surface area contributed by atoms with Crippen LogP contribution >= 0.6 is 0 Å². The van der Waals surface area contributed by atoms with E-state index in [-0.39, 0.29) is 12.0 Å². The molecule has 104 valence electrons. The lowest BCUT2D eigenvalue weighted by molar-refractivity contribution is 0.0808. The second-order valence-corrected chi connectivity index (χ2v) is 5.81. The average Bonchev–Trinajstić information content (AvgIpc) is 2.72. The summed E-state index contributed by atoms with van der Waals surface area (Å²) in [6.45, 7) is 9.86. The first kappa shape index (κ1) is 15.1.